The maximum Gasteiger partial charge on any atom is 0.165 e. The van der Waals surface area contributed by atoms with Gasteiger partial charge >= 0.3 is 0 Å². The first-order valence-electron chi connectivity index (χ1n) is 11.0. The van der Waals surface area contributed by atoms with Gasteiger partial charge in [0.2, 0.25) is 0 Å². The standard InChI is InChI=1S/C25H31FN4O2/c1-19-6-4-5-7-23(19)30-18-21(17-28(2)10-11-29-12-14-32-15-13-29)25(27-30)20-8-9-24(31-3)22(26)16-20/h4-9,16,18H,10-15,17H2,1-3H3. The van der Waals surface area contributed by atoms with E-state index >= 15 is 0 Å². The summed E-state index contributed by atoms with van der Waals surface area (Å²) in [7, 11) is 3.59. The molecule has 0 radical (unpaired) electrons. The Morgan fingerprint density at radius 3 is 2.66 bits per heavy atom. The fraction of sp³-hybridized carbons (Fsp3) is 0.400. The van der Waals surface area contributed by atoms with Crippen LogP contribution in [0.1, 0.15) is 11.1 Å². The van der Waals surface area contributed by atoms with E-state index in [4.69, 9.17) is 14.6 Å². The molecule has 0 N–H and O–H groups in total. The summed E-state index contributed by atoms with van der Waals surface area (Å²) in [4.78, 5) is 4.72. The number of aryl methyl sites for hydroxylation is 1. The van der Waals surface area contributed by atoms with Crippen molar-refractivity contribution >= 4 is 0 Å². The highest BCUT2D eigenvalue weighted by Gasteiger charge is 2.17. The molecular formula is C25H31FN4O2. The van der Waals surface area contributed by atoms with Gasteiger partial charge in [-0.3, -0.25) is 4.90 Å². The van der Waals surface area contributed by atoms with Crippen LogP contribution < -0.4 is 4.74 Å². The summed E-state index contributed by atoms with van der Waals surface area (Å²) in [5, 5.41) is 4.87. The van der Waals surface area contributed by atoms with Gasteiger partial charge in [-0.25, -0.2) is 9.07 Å². The van der Waals surface area contributed by atoms with E-state index in [0.717, 1.165) is 74.0 Å². The predicted octanol–water partition coefficient (Wildman–Crippen LogP) is 3.76. The topological polar surface area (TPSA) is 42.8 Å². The van der Waals surface area contributed by atoms with Crippen molar-refractivity contribution in [2.24, 2.45) is 0 Å². The molecule has 1 aromatic heterocycles. The van der Waals surface area contributed by atoms with Crippen molar-refractivity contribution < 1.29 is 13.9 Å². The molecule has 0 bridgehead atoms. The van der Waals surface area contributed by atoms with Gasteiger partial charge in [-0.1, -0.05) is 18.2 Å². The third kappa shape index (κ3) is 5.18. The van der Waals surface area contributed by atoms with Crippen LogP contribution in [0.2, 0.25) is 0 Å². The molecule has 1 aliphatic rings. The van der Waals surface area contributed by atoms with Gasteiger partial charge < -0.3 is 14.4 Å². The molecule has 3 aromatic rings. The third-order valence-corrected chi connectivity index (χ3v) is 5.92. The summed E-state index contributed by atoms with van der Waals surface area (Å²) in [6.45, 7) is 8.30. The zero-order chi connectivity index (χ0) is 22.5. The molecule has 0 aliphatic carbocycles. The van der Waals surface area contributed by atoms with Gasteiger partial charge in [0.05, 0.1) is 31.7 Å². The number of aromatic nitrogens is 2. The van der Waals surface area contributed by atoms with E-state index in [1.807, 2.05) is 28.9 Å². The van der Waals surface area contributed by atoms with E-state index in [1.165, 1.54) is 13.2 Å². The van der Waals surface area contributed by atoms with E-state index < -0.39 is 0 Å². The third-order valence-electron chi connectivity index (χ3n) is 5.92. The lowest BCUT2D eigenvalue weighted by atomic mass is 10.1. The van der Waals surface area contributed by atoms with Crippen molar-refractivity contribution in [2.45, 2.75) is 13.5 Å². The predicted molar refractivity (Wildman–Crippen MR) is 124 cm³/mol. The van der Waals surface area contributed by atoms with Crippen molar-refractivity contribution in [3.05, 3.63) is 65.6 Å². The minimum atomic E-state index is -0.387. The lowest BCUT2D eigenvalue weighted by Gasteiger charge is -2.28. The summed E-state index contributed by atoms with van der Waals surface area (Å²) in [5.74, 6) is -0.154. The Hall–Kier alpha value is -2.74. The lowest BCUT2D eigenvalue weighted by Crippen LogP contribution is -2.40. The Labute approximate surface area is 189 Å². The number of rotatable bonds is 8. The number of likely N-dealkylation sites (N-methyl/N-ethyl adjacent to an activating group) is 1. The molecule has 170 valence electrons. The summed E-state index contributed by atoms with van der Waals surface area (Å²) in [6.07, 6.45) is 2.06. The lowest BCUT2D eigenvalue weighted by molar-refractivity contribution is 0.0342. The first-order chi connectivity index (χ1) is 15.5. The van der Waals surface area contributed by atoms with Crippen LogP contribution in [0, 0.1) is 12.7 Å². The van der Waals surface area contributed by atoms with E-state index in [9.17, 15) is 4.39 Å². The number of para-hydroxylation sites is 1. The second-order valence-electron chi connectivity index (χ2n) is 8.28. The molecule has 1 fully saturated rings. The molecule has 0 amide bonds. The van der Waals surface area contributed by atoms with Crippen LogP contribution in [0.3, 0.4) is 0 Å². The first kappa shape index (κ1) is 22.5. The number of methoxy groups -OCH3 is 1. The quantitative estimate of drug-likeness (QED) is 0.536. The number of benzene rings is 2. The van der Waals surface area contributed by atoms with Crippen LogP contribution in [0.15, 0.2) is 48.7 Å². The molecule has 1 aliphatic heterocycles. The smallest absolute Gasteiger partial charge is 0.165 e. The van der Waals surface area contributed by atoms with Crippen LogP contribution >= 0.6 is 0 Å². The Morgan fingerprint density at radius 2 is 1.94 bits per heavy atom. The van der Waals surface area contributed by atoms with E-state index in [0.29, 0.717) is 0 Å². The zero-order valence-corrected chi connectivity index (χ0v) is 19.1. The molecule has 6 nitrogen and oxygen atoms in total. The number of ether oxygens (including phenoxy) is 2. The van der Waals surface area contributed by atoms with Gasteiger partial charge in [-0.15, -0.1) is 0 Å². The molecule has 2 aromatic carbocycles. The Morgan fingerprint density at radius 1 is 1.16 bits per heavy atom. The van der Waals surface area contributed by atoms with Crippen molar-refractivity contribution in [1.82, 2.24) is 19.6 Å². The first-order valence-corrected chi connectivity index (χ1v) is 11.0. The number of hydrogen-bond acceptors (Lipinski definition) is 5. The highest BCUT2D eigenvalue weighted by Crippen LogP contribution is 2.29. The molecule has 4 rings (SSSR count). The van der Waals surface area contributed by atoms with Crippen molar-refractivity contribution in [3.63, 3.8) is 0 Å². The molecule has 0 spiro atoms. The molecule has 32 heavy (non-hydrogen) atoms. The normalized spacial score (nSPS) is 14.8. The fourth-order valence-electron chi connectivity index (χ4n) is 4.03. The fourth-order valence-corrected chi connectivity index (χ4v) is 4.03. The second kappa shape index (κ2) is 10.3. The summed E-state index contributed by atoms with van der Waals surface area (Å²) >= 11 is 0. The van der Waals surface area contributed by atoms with Crippen LogP contribution in [-0.2, 0) is 11.3 Å². The van der Waals surface area contributed by atoms with E-state index in [1.54, 1.807) is 6.07 Å². The Balaban J connectivity index is 1.60. The van der Waals surface area contributed by atoms with Crippen LogP contribution in [0.5, 0.6) is 5.75 Å². The molecular weight excluding hydrogens is 407 g/mol. The second-order valence-corrected chi connectivity index (χ2v) is 8.28. The van der Waals surface area contributed by atoms with Gasteiger partial charge in [0.1, 0.15) is 0 Å². The minimum Gasteiger partial charge on any atom is -0.494 e. The highest BCUT2D eigenvalue weighted by atomic mass is 19.1. The minimum absolute atomic E-state index is 0.233. The number of nitrogens with zero attached hydrogens (tertiary/aromatic N) is 4. The van der Waals surface area contributed by atoms with Crippen molar-refractivity contribution in [3.8, 4) is 22.7 Å². The summed E-state index contributed by atoms with van der Waals surface area (Å²) in [6, 6.07) is 13.2. The van der Waals surface area contributed by atoms with Gasteiger partial charge in [0, 0.05) is 50.0 Å². The summed E-state index contributed by atoms with van der Waals surface area (Å²) < 4.78 is 26.9. The monoisotopic (exact) mass is 438 g/mol. The maximum atomic E-state index is 14.5. The Kier molecular flexibility index (Phi) is 7.19. The highest BCUT2D eigenvalue weighted by molar-refractivity contribution is 5.64. The van der Waals surface area contributed by atoms with Gasteiger partial charge in [0.15, 0.2) is 11.6 Å². The number of hydrogen-bond donors (Lipinski definition) is 0. The molecule has 2 heterocycles. The van der Waals surface area contributed by atoms with Crippen LogP contribution in [-0.4, -0.2) is 73.1 Å². The van der Waals surface area contributed by atoms with E-state index in [-0.39, 0.29) is 11.6 Å². The molecule has 1 saturated heterocycles. The van der Waals surface area contributed by atoms with Crippen molar-refractivity contribution in [1.29, 1.82) is 0 Å². The van der Waals surface area contributed by atoms with Crippen molar-refractivity contribution in [2.75, 3.05) is 53.6 Å². The average Bonchev–Trinajstić information content (AvgIpc) is 3.22. The Bertz CT molecular complexity index is 1050. The molecule has 0 unspecified atom stereocenters. The van der Waals surface area contributed by atoms with Crippen LogP contribution in [0.25, 0.3) is 16.9 Å². The largest absolute Gasteiger partial charge is 0.494 e. The number of halogens is 1. The van der Waals surface area contributed by atoms with Gasteiger partial charge in [0.25, 0.3) is 0 Å². The SMILES string of the molecule is COc1ccc(-c2nn(-c3ccccc3C)cc2CN(C)CCN2CCOCC2)cc1F. The maximum absolute atomic E-state index is 14.5. The molecule has 0 saturated carbocycles. The average molecular weight is 439 g/mol. The molecule has 7 heteroatoms. The number of morpholine rings is 1. The van der Waals surface area contributed by atoms with Gasteiger partial charge in [-0.05, 0) is 43.8 Å². The van der Waals surface area contributed by atoms with E-state index in [2.05, 4.69) is 36.0 Å². The molecule has 0 atom stereocenters. The zero-order valence-electron chi connectivity index (χ0n) is 19.1. The van der Waals surface area contributed by atoms with Gasteiger partial charge in [-0.2, -0.15) is 5.10 Å². The summed E-state index contributed by atoms with van der Waals surface area (Å²) in [5.41, 5.74) is 4.74. The van der Waals surface area contributed by atoms with Crippen LogP contribution in [0.4, 0.5) is 4.39 Å².